The molecule has 0 aliphatic rings. The minimum Gasteiger partial charge on any atom is -0.289 e. The lowest BCUT2D eigenvalue weighted by Gasteiger charge is -2.09. The summed E-state index contributed by atoms with van der Waals surface area (Å²) in [6, 6.07) is 25.2. The van der Waals surface area contributed by atoms with Crippen molar-refractivity contribution in [3.05, 3.63) is 83.0 Å². The van der Waals surface area contributed by atoms with Crippen LogP contribution in [0.4, 0.5) is 0 Å². The maximum atomic E-state index is 13.0. The third-order valence-corrected chi connectivity index (χ3v) is 5.35. The van der Waals surface area contributed by atoms with E-state index in [0.717, 1.165) is 32.3 Å². The summed E-state index contributed by atoms with van der Waals surface area (Å²) < 4.78 is 0. The number of hydrogen-bond acceptors (Lipinski definition) is 1. The molecule has 1 nitrogen and oxygen atoms in total. The third-order valence-electron chi connectivity index (χ3n) is 5.35. The van der Waals surface area contributed by atoms with Gasteiger partial charge in [0.15, 0.2) is 5.43 Å². The van der Waals surface area contributed by atoms with E-state index in [-0.39, 0.29) is 5.43 Å². The second-order valence-corrected chi connectivity index (χ2v) is 6.53. The Kier molecular flexibility index (Phi) is 2.05. The molecule has 1 heteroatoms. The van der Waals surface area contributed by atoms with E-state index < -0.39 is 0 Å². The standard InChI is InChI=1S/C23H12O/c24-23-18-7-3-5-14-9-11-17-16-10-8-13-4-1-2-6-15(13)19(16)12-20(23)22(17)21(14)18/h1-12H. The molecule has 0 fully saturated rings. The number of fused-ring (bicyclic) bond motifs is 4. The lowest BCUT2D eigenvalue weighted by atomic mass is 9.94. The van der Waals surface area contributed by atoms with Crippen molar-refractivity contribution in [2.45, 2.75) is 0 Å². The summed E-state index contributed by atoms with van der Waals surface area (Å²) in [5.74, 6) is 0. The van der Waals surface area contributed by atoms with Gasteiger partial charge in [-0.2, -0.15) is 0 Å². The molecule has 24 heavy (non-hydrogen) atoms. The second-order valence-electron chi connectivity index (χ2n) is 6.53. The van der Waals surface area contributed by atoms with Crippen molar-refractivity contribution < 1.29 is 0 Å². The van der Waals surface area contributed by atoms with Crippen LogP contribution in [0.25, 0.3) is 53.9 Å². The van der Waals surface area contributed by atoms with Gasteiger partial charge in [-0.25, -0.2) is 0 Å². The molecule has 0 N–H and O–H groups in total. The van der Waals surface area contributed by atoms with Crippen LogP contribution in [0.2, 0.25) is 0 Å². The Morgan fingerprint density at radius 3 is 2.17 bits per heavy atom. The predicted molar refractivity (Wildman–Crippen MR) is 103 cm³/mol. The third kappa shape index (κ3) is 1.30. The summed E-state index contributed by atoms with van der Waals surface area (Å²) in [5, 5.41) is 11.0. The molecule has 0 saturated carbocycles. The molecule has 0 heterocycles. The number of benzene rings is 5. The minimum absolute atomic E-state index is 0.154. The zero-order chi connectivity index (χ0) is 15.8. The van der Waals surface area contributed by atoms with Crippen molar-refractivity contribution >= 4 is 53.9 Å². The zero-order valence-corrected chi connectivity index (χ0v) is 12.8. The number of hydrogen-bond donors (Lipinski definition) is 0. The predicted octanol–water partition coefficient (Wildman–Crippen LogP) is 5.69. The molecule has 6 rings (SSSR count). The Hall–Kier alpha value is -3.19. The Bertz CT molecular complexity index is 1460. The van der Waals surface area contributed by atoms with Gasteiger partial charge in [-0.1, -0.05) is 66.7 Å². The highest BCUT2D eigenvalue weighted by atomic mass is 16.1. The summed E-state index contributed by atoms with van der Waals surface area (Å²) in [6.07, 6.45) is 0. The van der Waals surface area contributed by atoms with E-state index in [1.165, 1.54) is 21.5 Å². The van der Waals surface area contributed by atoms with Crippen LogP contribution in [-0.2, 0) is 0 Å². The fourth-order valence-electron chi connectivity index (χ4n) is 4.30. The van der Waals surface area contributed by atoms with Crippen LogP contribution < -0.4 is 5.43 Å². The molecular formula is C23H12O. The highest BCUT2D eigenvalue weighted by Gasteiger charge is 2.17. The van der Waals surface area contributed by atoms with Crippen LogP contribution in [0.5, 0.6) is 0 Å². The van der Waals surface area contributed by atoms with E-state index in [1.54, 1.807) is 0 Å². The molecule has 6 aromatic carbocycles. The van der Waals surface area contributed by atoms with Crippen molar-refractivity contribution in [1.82, 2.24) is 0 Å². The fraction of sp³-hybridized carbons (Fsp3) is 0. The van der Waals surface area contributed by atoms with Crippen molar-refractivity contribution in [1.29, 1.82) is 0 Å². The number of rotatable bonds is 0. The average molecular weight is 304 g/mol. The first-order valence-electron chi connectivity index (χ1n) is 8.17. The summed E-state index contributed by atoms with van der Waals surface area (Å²) in [4.78, 5) is 13.0. The molecule has 0 spiro atoms. The van der Waals surface area contributed by atoms with Crippen LogP contribution in [0.3, 0.4) is 0 Å². The van der Waals surface area contributed by atoms with Gasteiger partial charge in [0.1, 0.15) is 0 Å². The molecule has 0 bridgehead atoms. The molecule has 0 atom stereocenters. The highest BCUT2D eigenvalue weighted by molar-refractivity contribution is 6.33. The van der Waals surface area contributed by atoms with E-state index in [4.69, 9.17) is 0 Å². The Morgan fingerprint density at radius 1 is 0.458 bits per heavy atom. The first kappa shape index (κ1) is 12.3. The van der Waals surface area contributed by atoms with Crippen LogP contribution in [0, 0.1) is 0 Å². The molecule has 0 radical (unpaired) electrons. The van der Waals surface area contributed by atoms with E-state index in [2.05, 4.69) is 60.7 Å². The van der Waals surface area contributed by atoms with E-state index in [1.807, 2.05) is 12.1 Å². The summed E-state index contributed by atoms with van der Waals surface area (Å²) in [6.45, 7) is 0. The maximum absolute atomic E-state index is 13.0. The quantitative estimate of drug-likeness (QED) is 0.329. The minimum atomic E-state index is 0.154. The van der Waals surface area contributed by atoms with Gasteiger partial charge in [0.25, 0.3) is 0 Å². The van der Waals surface area contributed by atoms with Crippen molar-refractivity contribution in [2.24, 2.45) is 0 Å². The van der Waals surface area contributed by atoms with Gasteiger partial charge in [0, 0.05) is 21.5 Å². The Morgan fingerprint density at radius 2 is 1.21 bits per heavy atom. The lowest BCUT2D eigenvalue weighted by molar-refractivity contribution is 1.80. The lowest BCUT2D eigenvalue weighted by Crippen LogP contribution is -1.93. The zero-order valence-electron chi connectivity index (χ0n) is 12.8. The highest BCUT2D eigenvalue weighted by Crippen LogP contribution is 2.39. The smallest absolute Gasteiger partial charge is 0.194 e. The molecule has 0 saturated heterocycles. The monoisotopic (exact) mass is 304 g/mol. The average Bonchev–Trinajstić information content (AvgIpc) is 2.93. The van der Waals surface area contributed by atoms with Crippen LogP contribution in [0.15, 0.2) is 77.6 Å². The van der Waals surface area contributed by atoms with Crippen LogP contribution in [-0.4, -0.2) is 0 Å². The fourth-order valence-corrected chi connectivity index (χ4v) is 4.30. The molecule has 0 amide bonds. The van der Waals surface area contributed by atoms with Gasteiger partial charge in [-0.15, -0.1) is 0 Å². The van der Waals surface area contributed by atoms with Crippen molar-refractivity contribution in [2.75, 3.05) is 0 Å². The van der Waals surface area contributed by atoms with Gasteiger partial charge >= 0.3 is 0 Å². The molecule has 0 aliphatic heterocycles. The van der Waals surface area contributed by atoms with Gasteiger partial charge < -0.3 is 0 Å². The Labute approximate surface area is 137 Å². The molecule has 0 aliphatic carbocycles. The van der Waals surface area contributed by atoms with Gasteiger partial charge in [-0.3, -0.25) is 4.79 Å². The van der Waals surface area contributed by atoms with Crippen LogP contribution in [0.1, 0.15) is 0 Å². The molecule has 110 valence electrons. The van der Waals surface area contributed by atoms with E-state index >= 15 is 0 Å². The topological polar surface area (TPSA) is 17.1 Å². The maximum Gasteiger partial charge on any atom is 0.194 e. The molecule has 0 unspecified atom stereocenters. The summed E-state index contributed by atoms with van der Waals surface area (Å²) in [5.41, 5.74) is 0.154. The normalized spacial score (nSPS) is 12.3. The molecule has 0 aromatic heterocycles. The van der Waals surface area contributed by atoms with E-state index in [0.29, 0.717) is 0 Å². The summed E-state index contributed by atoms with van der Waals surface area (Å²) in [7, 11) is 0. The van der Waals surface area contributed by atoms with Gasteiger partial charge in [0.05, 0.1) is 0 Å². The molecular weight excluding hydrogens is 292 g/mol. The Balaban J connectivity index is 2.04. The van der Waals surface area contributed by atoms with Crippen molar-refractivity contribution in [3.8, 4) is 0 Å². The summed E-state index contributed by atoms with van der Waals surface area (Å²) >= 11 is 0. The van der Waals surface area contributed by atoms with Gasteiger partial charge in [0.2, 0.25) is 0 Å². The first-order valence-corrected chi connectivity index (χ1v) is 8.17. The SMILES string of the molecule is O=c1c2cccc3ccc4c5ccc6ccccc6c5cc1c4c32. The van der Waals surface area contributed by atoms with Gasteiger partial charge in [-0.05, 0) is 38.4 Å². The second kappa shape index (κ2) is 4.01. The molecule has 6 aromatic rings. The van der Waals surface area contributed by atoms with E-state index in [9.17, 15) is 4.79 Å². The van der Waals surface area contributed by atoms with Crippen LogP contribution >= 0.6 is 0 Å². The largest absolute Gasteiger partial charge is 0.289 e. The van der Waals surface area contributed by atoms with Crippen molar-refractivity contribution in [3.63, 3.8) is 0 Å². The first-order chi connectivity index (χ1) is 11.8.